The first-order valence-electron chi connectivity index (χ1n) is 7.75. The Morgan fingerprint density at radius 2 is 2.05 bits per heavy atom. The highest BCUT2D eigenvalue weighted by Gasteiger charge is 2.29. The normalized spacial score (nSPS) is 29.7. The first-order chi connectivity index (χ1) is 9.20. The van der Waals surface area contributed by atoms with Crippen molar-refractivity contribution < 1.29 is 9.53 Å². The molecule has 0 bridgehead atoms. The fourth-order valence-corrected chi connectivity index (χ4v) is 3.35. The van der Waals surface area contributed by atoms with E-state index >= 15 is 0 Å². The number of likely N-dealkylation sites (tertiary alicyclic amines) is 1. The molecular weight excluding hydrogens is 240 g/mol. The van der Waals surface area contributed by atoms with E-state index < -0.39 is 0 Å². The van der Waals surface area contributed by atoms with Gasteiger partial charge in [0.1, 0.15) is 0 Å². The smallest absolute Gasteiger partial charge is 0.209 e. The van der Waals surface area contributed by atoms with Gasteiger partial charge in [0.25, 0.3) is 0 Å². The number of carbonyl (C=O) groups is 1. The minimum Gasteiger partial charge on any atom is -0.378 e. The molecule has 2 atom stereocenters. The van der Waals surface area contributed by atoms with Crippen LogP contribution in [0.2, 0.25) is 0 Å². The van der Waals surface area contributed by atoms with Crippen LogP contribution in [-0.4, -0.2) is 49.7 Å². The number of amides is 1. The van der Waals surface area contributed by atoms with Gasteiger partial charge in [-0.3, -0.25) is 4.79 Å². The summed E-state index contributed by atoms with van der Waals surface area (Å²) in [6, 6.07) is 0.575. The first kappa shape index (κ1) is 14.8. The average Bonchev–Trinajstić information content (AvgIpc) is 2.46. The van der Waals surface area contributed by atoms with Gasteiger partial charge in [0.15, 0.2) is 0 Å². The largest absolute Gasteiger partial charge is 0.378 e. The molecule has 2 aliphatic heterocycles. The molecule has 2 fully saturated rings. The van der Waals surface area contributed by atoms with Crippen LogP contribution in [0.4, 0.5) is 0 Å². The van der Waals surface area contributed by atoms with Crippen LogP contribution in [0.1, 0.15) is 39.5 Å². The third kappa shape index (κ3) is 4.18. The minimum absolute atomic E-state index is 0.413. The van der Waals surface area contributed by atoms with Crippen LogP contribution in [0.3, 0.4) is 0 Å². The lowest BCUT2D eigenvalue weighted by Crippen LogP contribution is -2.46. The Morgan fingerprint density at radius 3 is 2.68 bits per heavy atom. The maximum absolute atomic E-state index is 10.7. The van der Waals surface area contributed by atoms with Crippen LogP contribution in [0.15, 0.2) is 0 Å². The minimum atomic E-state index is 0.413. The van der Waals surface area contributed by atoms with Crippen molar-refractivity contribution in [1.82, 2.24) is 10.2 Å². The second-order valence-corrected chi connectivity index (χ2v) is 6.31. The molecule has 0 aromatic heterocycles. The Balaban J connectivity index is 1.73. The molecule has 0 spiro atoms. The van der Waals surface area contributed by atoms with E-state index in [1.165, 1.54) is 12.8 Å². The Kier molecular flexibility index (Phi) is 5.64. The zero-order valence-electron chi connectivity index (χ0n) is 12.3. The molecule has 2 rings (SSSR count). The van der Waals surface area contributed by atoms with Gasteiger partial charge >= 0.3 is 0 Å². The van der Waals surface area contributed by atoms with Crippen LogP contribution in [0.25, 0.3) is 0 Å². The molecule has 0 aromatic carbocycles. The van der Waals surface area contributed by atoms with E-state index in [2.05, 4.69) is 19.2 Å². The SMILES string of the molecule is CC(C)[C@@H]1OCCC[C@@H]1CNC1CCN(C=O)CC1. The molecule has 1 amide bonds. The van der Waals surface area contributed by atoms with Crippen molar-refractivity contribution in [2.45, 2.75) is 51.7 Å². The lowest BCUT2D eigenvalue weighted by Gasteiger charge is -2.36. The lowest BCUT2D eigenvalue weighted by molar-refractivity contribution is -0.119. The average molecular weight is 268 g/mol. The number of hydrogen-bond donors (Lipinski definition) is 1. The van der Waals surface area contributed by atoms with Crippen LogP contribution in [0, 0.1) is 11.8 Å². The lowest BCUT2D eigenvalue weighted by atomic mass is 9.87. The standard InChI is InChI=1S/C15H28N2O2/c1-12(2)15-13(4-3-9-19-15)10-16-14-5-7-17(11-18)8-6-14/h11-16H,3-10H2,1-2H3/t13-,15+/m1/s1. The van der Waals surface area contributed by atoms with Gasteiger partial charge in [-0.05, 0) is 37.5 Å². The Bertz CT molecular complexity index is 275. The molecule has 4 nitrogen and oxygen atoms in total. The van der Waals surface area contributed by atoms with Gasteiger partial charge in [-0.25, -0.2) is 0 Å². The molecule has 110 valence electrons. The van der Waals surface area contributed by atoms with Crippen LogP contribution >= 0.6 is 0 Å². The highest BCUT2D eigenvalue weighted by atomic mass is 16.5. The maximum Gasteiger partial charge on any atom is 0.209 e. The highest BCUT2D eigenvalue weighted by Crippen LogP contribution is 2.26. The summed E-state index contributed by atoms with van der Waals surface area (Å²) in [5.74, 6) is 1.25. The van der Waals surface area contributed by atoms with Gasteiger partial charge in [0.05, 0.1) is 6.10 Å². The highest BCUT2D eigenvalue weighted by molar-refractivity contribution is 5.47. The molecule has 0 unspecified atom stereocenters. The van der Waals surface area contributed by atoms with Gasteiger partial charge in [-0.2, -0.15) is 0 Å². The molecule has 0 saturated carbocycles. The zero-order valence-corrected chi connectivity index (χ0v) is 12.3. The van der Waals surface area contributed by atoms with Gasteiger partial charge in [0, 0.05) is 32.3 Å². The van der Waals surface area contributed by atoms with Crippen LogP contribution in [0.5, 0.6) is 0 Å². The van der Waals surface area contributed by atoms with Crippen molar-refractivity contribution in [3.8, 4) is 0 Å². The quantitative estimate of drug-likeness (QED) is 0.771. The summed E-state index contributed by atoms with van der Waals surface area (Å²) in [6.45, 7) is 8.30. The van der Waals surface area contributed by atoms with Crippen molar-refractivity contribution in [2.75, 3.05) is 26.2 Å². The molecule has 0 aromatic rings. The van der Waals surface area contributed by atoms with E-state index in [0.717, 1.165) is 45.5 Å². The molecule has 4 heteroatoms. The fourth-order valence-electron chi connectivity index (χ4n) is 3.35. The van der Waals surface area contributed by atoms with E-state index in [1.54, 1.807) is 0 Å². The number of piperidine rings is 1. The zero-order chi connectivity index (χ0) is 13.7. The second kappa shape index (κ2) is 7.25. The van der Waals surface area contributed by atoms with Crippen molar-refractivity contribution in [3.63, 3.8) is 0 Å². The number of ether oxygens (including phenoxy) is 1. The van der Waals surface area contributed by atoms with Crippen molar-refractivity contribution in [1.29, 1.82) is 0 Å². The molecule has 0 aliphatic carbocycles. The summed E-state index contributed by atoms with van der Waals surface area (Å²) >= 11 is 0. The predicted molar refractivity (Wildman–Crippen MR) is 76.0 cm³/mol. The molecular formula is C15H28N2O2. The van der Waals surface area contributed by atoms with E-state index in [1.807, 2.05) is 4.90 Å². The molecule has 19 heavy (non-hydrogen) atoms. The number of hydrogen-bond acceptors (Lipinski definition) is 3. The van der Waals surface area contributed by atoms with Gasteiger partial charge in [0.2, 0.25) is 6.41 Å². The molecule has 0 radical (unpaired) electrons. The van der Waals surface area contributed by atoms with Crippen LogP contribution in [-0.2, 0) is 9.53 Å². The summed E-state index contributed by atoms with van der Waals surface area (Å²) in [6.07, 6.45) is 6.02. The Hall–Kier alpha value is -0.610. The Labute approximate surface area is 116 Å². The summed E-state index contributed by atoms with van der Waals surface area (Å²) in [5, 5.41) is 3.70. The third-order valence-electron chi connectivity index (χ3n) is 4.50. The topological polar surface area (TPSA) is 41.6 Å². The van der Waals surface area contributed by atoms with E-state index in [4.69, 9.17) is 4.74 Å². The summed E-state index contributed by atoms with van der Waals surface area (Å²) < 4.78 is 5.93. The van der Waals surface area contributed by atoms with Crippen LogP contribution < -0.4 is 5.32 Å². The monoisotopic (exact) mass is 268 g/mol. The van der Waals surface area contributed by atoms with E-state index in [0.29, 0.717) is 24.0 Å². The van der Waals surface area contributed by atoms with Crippen molar-refractivity contribution in [3.05, 3.63) is 0 Å². The maximum atomic E-state index is 10.7. The summed E-state index contributed by atoms with van der Waals surface area (Å²) in [4.78, 5) is 12.6. The molecule has 2 saturated heterocycles. The molecule has 2 aliphatic rings. The van der Waals surface area contributed by atoms with E-state index in [-0.39, 0.29) is 0 Å². The van der Waals surface area contributed by atoms with Crippen molar-refractivity contribution >= 4 is 6.41 Å². The van der Waals surface area contributed by atoms with Gasteiger partial charge in [-0.15, -0.1) is 0 Å². The number of nitrogens with one attached hydrogen (secondary N) is 1. The predicted octanol–water partition coefficient (Wildman–Crippen LogP) is 1.65. The van der Waals surface area contributed by atoms with E-state index in [9.17, 15) is 4.79 Å². The first-order valence-corrected chi connectivity index (χ1v) is 7.75. The number of nitrogens with zero attached hydrogens (tertiary/aromatic N) is 1. The summed E-state index contributed by atoms with van der Waals surface area (Å²) in [7, 11) is 0. The van der Waals surface area contributed by atoms with Gasteiger partial charge < -0.3 is 15.0 Å². The fraction of sp³-hybridized carbons (Fsp3) is 0.933. The second-order valence-electron chi connectivity index (χ2n) is 6.31. The summed E-state index contributed by atoms with van der Waals surface area (Å²) in [5.41, 5.74) is 0. The Morgan fingerprint density at radius 1 is 1.32 bits per heavy atom. The molecule has 1 N–H and O–H groups in total. The number of carbonyl (C=O) groups excluding carboxylic acids is 1. The van der Waals surface area contributed by atoms with Crippen molar-refractivity contribution in [2.24, 2.45) is 11.8 Å². The number of rotatable bonds is 5. The molecule has 2 heterocycles. The van der Waals surface area contributed by atoms with Gasteiger partial charge in [-0.1, -0.05) is 13.8 Å². The third-order valence-corrected chi connectivity index (χ3v) is 4.50.